The molecule has 2 aliphatic rings. The number of rotatable bonds is 3. The third-order valence-electron chi connectivity index (χ3n) is 5.08. The fourth-order valence-corrected chi connectivity index (χ4v) is 3.51. The molecule has 0 amide bonds. The van der Waals surface area contributed by atoms with E-state index in [2.05, 4.69) is 0 Å². The molecule has 2 N–H and O–H groups in total. The van der Waals surface area contributed by atoms with E-state index in [-0.39, 0.29) is 23.1 Å². The summed E-state index contributed by atoms with van der Waals surface area (Å²) in [6.45, 7) is 1.09. The predicted molar refractivity (Wildman–Crippen MR) is 90.9 cm³/mol. The Labute approximate surface area is 143 Å². The molecule has 1 aromatic carbocycles. The van der Waals surface area contributed by atoms with Gasteiger partial charge in [-0.2, -0.15) is 0 Å². The highest BCUT2D eigenvalue weighted by molar-refractivity contribution is 5.93. The minimum atomic E-state index is -1.30. The highest BCUT2D eigenvalue weighted by Crippen LogP contribution is 2.38. The summed E-state index contributed by atoms with van der Waals surface area (Å²) in [6, 6.07) is 2.96. The molecule has 0 bridgehead atoms. The van der Waals surface area contributed by atoms with E-state index >= 15 is 0 Å². The van der Waals surface area contributed by atoms with Crippen LogP contribution in [-0.4, -0.2) is 39.9 Å². The Hall–Kier alpha value is -2.41. The first-order valence-corrected chi connectivity index (χ1v) is 8.50. The number of pyridine rings is 1. The summed E-state index contributed by atoms with van der Waals surface area (Å²) in [5.41, 5.74) is -0.0112. The summed E-state index contributed by atoms with van der Waals surface area (Å²) < 4.78 is 16.5. The third kappa shape index (κ3) is 2.78. The molecule has 25 heavy (non-hydrogen) atoms. The molecule has 2 heterocycles. The van der Waals surface area contributed by atoms with Crippen LogP contribution in [0.15, 0.2) is 23.1 Å². The van der Waals surface area contributed by atoms with Crippen LogP contribution in [0.4, 0.5) is 10.1 Å². The number of aromatic carboxylic acids is 1. The fraction of sp³-hybridized carbons (Fsp3) is 0.444. The molecule has 1 aliphatic heterocycles. The van der Waals surface area contributed by atoms with E-state index in [9.17, 15) is 24.2 Å². The Morgan fingerprint density at radius 1 is 1.16 bits per heavy atom. The van der Waals surface area contributed by atoms with Gasteiger partial charge in [0.05, 0.1) is 17.3 Å². The number of aliphatic hydroxyl groups excluding tert-OH is 1. The van der Waals surface area contributed by atoms with Gasteiger partial charge < -0.3 is 19.7 Å². The first kappa shape index (κ1) is 16.1. The summed E-state index contributed by atoms with van der Waals surface area (Å²) in [4.78, 5) is 25.7. The number of carbonyl (C=O) groups is 1. The fourth-order valence-electron chi connectivity index (χ4n) is 3.51. The Morgan fingerprint density at radius 3 is 2.44 bits per heavy atom. The summed E-state index contributed by atoms with van der Waals surface area (Å²) in [5.74, 6) is -1.83. The van der Waals surface area contributed by atoms with Gasteiger partial charge in [-0.25, -0.2) is 9.18 Å². The molecule has 1 saturated heterocycles. The largest absolute Gasteiger partial charge is 0.477 e. The Morgan fingerprint density at radius 2 is 1.84 bits per heavy atom. The van der Waals surface area contributed by atoms with E-state index in [1.807, 2.05) is 4.90 Å². The summed E-state index contributed by atoms with van der Waals surface area (Å²) in [6.07, 6.45) is 4.00. The van der Waals surface area contributed by atoms with Gasteiger partial charge in [0.15, 0.2) is 0 Å². The van der Waals surface area contributed by atoms with Gasteiger partial charge in [-0.1, -0.05) is 0 Å². The predicted octanol–water partition coefficient (Wildman–Crippen LogP) is 2.13. The maximum atomic E-state index is 14.7. The molecule has 0 spiro atoms. The van der Waals surface area contributed by atoms with Gasteiger partial charge >= 0.3 is 5.97 Å². The number of aliphatic hydroxyl groups is 1. The number of aromatic nitrogens is 1. The van der Waals surface area contributed by atoms with Gasteiger partial charge in [-0.05, 0) is 37.8 Å². The highest BCUT2D eigenvalue weighted by Gasteiger charge is 2.28. The quantitative estimate of drug-likeness (QED) is 0.890. The second-order valence-corrected chi connectivity index (χ2v) is 6.85. The van der Waals surface area contributed by atoms with Crippen molar-refractivity contribution in [3.8, 4) is 0 Å². The number of nitrogens with zero attached hydrogens (tertiary/aromatic N) is 2. The normalized spacial score (nSPS) is 18.7. The molecule has 1 aliphatic carbocycles. The first-order valence-electron chi connectivity index (χ1n) is 8.50. The van der Waals surface area contributed by atoms with Crippen LogP contribution in [-0.2, 0) is 0 Å². The molecular weight excluding hydrogens is 327 g/mol. The zero-order chi connectivity index (χ0) is 17.7. The van der Waals surface area contributed by atoms with Crippen molar-refractivity contribution >= 4 is 22.6 Å². The van der Waals surface area contributed by atoms with Gasteiger partial charge in [0.2, 0.25) is 5.43 Å². The van der Waals surface area contributed by atoms with E-state index in [1.165, 1.54) is 6.20 Å². The number of halogens is 1. The Kier molecular flexibility index (Phi) is 3.76. The van der Waals surface area contributed by atoms with E-state index in [0.717, 1.165) is 18.9 Å². The van der Waals surface area contributed by atoms with E-state index in [4.69, 9.17) is 0 Å². The van der Waals surface area contributed by atoms with Crippen LogP contribution in [0.2, 0.25) is 0 Å². The molecule has 4 rings (SSSR count). The van der Waals surface area contributed by atoms with Gasteiger partial charge in [-0.15, -0.1) is 0 Å². The lowest BCUT2D eigenvalue weighted by Crippen LogP contribution is -2.36. The van der Waals surface area contributed by atoms with E-state index in [0.29, 0.717) is 37.1 Å². The maximum Gasteiger partial charge on any atom is 0.341 e. The van der Waals surface area contributed by atoms with Crippen LogP contribution >= 0.6 is 0 Å². The number of piperidine rings is 1. The number of anilines is 1. The van der Waals surface area contributed by atoms with Crippen molar-refractivity contribution in [2.24, 2.45) is 0 Å². The van der Waals surface area contributed by atoms with Crippen LogP contribution in [0.1, 0.15) is 42.1 Å². The number of hydrogen-bond acceptors (Lipinski definition) is 4. The zero-order valence-corrected chi connectivity index (χ0v) is 13.6. The molecule has 7 heteroatoms. The van der Waals surface area contributed by atoms with Crippen LogP contribution in [0.25, 0.3) is 10.9 Å². The van der Waals surface area contributed by atoms with Crippen molar-refractivity contribution in [1.29, 1.82) is 0 Å². The minimum Gasteiger partial charge on any atom is -0.477 e. The average molecular weight is 346 g/mol. The monoisotopic (exact) mass is 346 g/mol. The Balaban J connectivity index is 1.90. The van der Waals surface area contributed by atoms with Crippen molar-refractivity contribution in [2.75, 3.05) is 18.0 Å². The van der Waals surface area contributed by atoms with Crippen molar-refractivity contribution in [1.82, 2.24) is 4.57 Å². The van der Waals surface area contributed by atoms with Gasteiger partial charge in [0.1, 0.15) is 11.4 Å². The first-order chi connectivity index (χ1) is 12.0. The SMILES string of the molecule is O=C(O)c1cn(C2CC2)c2cc(N3CCC(O)CC3)c(F)cc2c1=O. The van der Waals surface area contributed by atoms with Crippen LogP contribution in [0.5, 0.6) is 0 Å². The molecule has 2 aromatic rings. The standard InChI is InChI=1S/C18H19FN2O4/c19-14-7-12-15(8-16(14)20-5-3-11(22)4-6-20)21(10-1-2-10)9-13(17(12)23)18(24)25/h7-11,22H,1-6H2,(H,24,25). The van der Waals surface area contributed by atoms with Crippen LogP contribution < -0.4 is 10.3 Å². The molecule has 1 aromatic heterocycles. The molecule has 1 saturated carbocycles. The molecule has 0 atom stereocenters. The van der Waals surface area contributed by atoms with Crippen molar-refractivity contribution in [3.05, 3.63) is 39.9 Å². The summed E-state index contributed by atoms with van der Waals surface area (Å²) in [5, 5.41) is 19.0. The number of benzene rings is 1. The number of fused-ring (bicyclic) bond motifs is 1. The topological polar surface area (TPSA) is 82.8 Å². The molecule has 0 radical (unpaired) electrons. The van der Waals surface area contributed by atoms with E-state index < -0.39 is 17.2 Å². The average Bonchev–Trinajstić information content (AvgIpc) is 3.41. The number of carboxylic acids is 1. The summed E-state index contributed by atoms with van der Waals surface area (Å²) >= 11 is 0. The van der Waals surface area contributed by atoms with Gasteiger partial charge in [0.25, 0.3) is 0 Å². The second kappa shape index (κ2) is 5.84. The van der Waals surface area contributed by atoms with Gasteiger partial charge in [-0.3, -0.25) is 4.79 Å². The number of hydrogen-bond donors (Lipinski definition) is 2. The van der Waals surface area contributed by atoms with Crippen molar-refractivity contribution in [3.63, 3.8) is 0 Å². The molecule has 0 unspecified atom stereocenters. The highest BCUT2D eigenvalue weighted by atomic mass is 19.1. The summed E-state index contributed by atoms with van der Waals surface area (Å²) in [7, 11) is 0. The third-order valence-corrected chi connectivity index (χ3v) is 5.08. The van der Waals surface area contributed by atoms with Crippen molar-refractivity contribution < 1.29 is 19.4 Å². The second-order valence-electron chi connectivity index (χ2n) is 6.85. The zero-order valence-electron chi connectivity index (χ0n) is 13.6. The number of carboxylic acid groups (broad SMARTS) is 1. The van der Waals surface area contributed by atoms with Gasteiger partial charge in [0, 0.05) is 30.7 Å². The molecule has 132 valence electrons. The molecule has 2 fully saturated rings. The van der Waals surface area contributed by atoms with Crippen molar-refractivity contribution in [2.45, 2.75) is 37.8 Å². The lowest BCUT2D eigenvalue weighted by molar-refractivity contribution is 0.0695. The van der Waals surface area contributed by atoms with Crippen LogP contribution in [0, 0.1) is 5.82 Å². The molecule has 6 nitrogen and oxygen atoms in total. The molecular formula is C18H19FN2O4. The Bertz CT molecular complexity index is 911. The lowest BCUT2D eigenvalue weighted by atomic mass is 10.1. The maximum absolute atomic E-state index is 14.7. The smallest absolute Gasteiger partial charge is 0.341 e. The van der Waals surface area contributed by atoms with E-state index in [1.54, 1.807) is 10.6 Å². The minimum absolute atomic E-state index is 0.102. The lowest BCUT2D eigenvalue weighted by Gasteiger charge is -2.32. The van der Waals surface area contributed by atoms with Crippen LogP contribution in [0.3, 0.4) is 0 Å².